The molecule has 3 aromatic rings. The summed E-state index contributed by atoms with van der Waals surface area (Å²) in [7, 11) is 0. The molecule has 0 saturated carbocycles. The van der Waals surface area contributed by atoms with Gasteiger partial charge in [0.15, 0.2) is 0 Å². The van der Waals surface area contributed by atoms with E-state index in [9.17, 15) is 0 Å². The van der Waals surface area contributed by atoms with Crippen molar-refractivity contribution in [2.45, 2.75) is 0 Å². The van der Waals surface area contributed by atoms with Crippen LogP contribution in [0.15, 0.2) is 66.9 Å². The number of nitrogens with zero attached hydrogens (tertiary/aromatic N) is 2. The second-order valence-corrected chi connectivity index (χ2v) is 4.57. The van der Waals surface area contributed by atoms with Gasteiger partial charge >= 0.3 is 0 Å². The molecule has 0 radical (unpaired) electrons. The monoisotopic (exact) mass is 280 g/mol. The summed E-state index contributed by atoms with van der Waals surface area (Å²) in [5, 5.41) is 13.4. The molecule has 0 saturated heterocycles. The minimum Gasteiger partial charge on any atom is -0.474 e. The van der Waals surface area contributed by atoms with Crippen LogP contribution in [-0.4, -0.2) is 28.1 Å². The van der Waals surface area contributed by atoms with Gasteiger partial charge in [-0.2, -0.15) is 0 Å². The minimum atomic E-state index is -0.0353. The van der Waals surface area contributed by atoms with Crippen LogP contribution < -0.4 is 4.74 Å². The third-order valence-electron chi connectivity index (χ3n) is 3.12. The van der Waals surface area contributed by atoms with Crippen LogP contribution in [0.2, 0.25) is 0 Å². The fourth-order valence-electron chi connectivity index (χ4n) is 2.14. The van der Waals surface area contributed by atoms with Crippen molar-refractivity contribution in [1.82, 2.24) is 9.78 Å². The van der Waals surface area contributed by atoms with E-state index in [1.807, 2.05) is 66.9 Å². The highest BCUT2D eigenvalue weighted by molar-refractivity contribution is 5.68. The number of para-hydroxylation sites is 1. The number of aliphatic hydroxyl groups excluding tert-OH is 1. The third kappa shape index (κ3) is 2.95. The molecule has 4 heteroatoms. The first kappa shape index (κ1) is 13.4. The fraction of sp³-hybridized carbons (Fsp3) is 0.118. The number of benzene rings is 2. The maximum absolute atomic E-state index is 8.95. The van der Waals surface area contributed by atoms with Crippen LogP contribution in [-0.2, 0) is 0 Å². The Kier molecular flexibility index (Phi) is 3.98. The Bertz CT molecular complexity index is 693. The summed E-state index contributed by atoms with van der Waals surface area (Å²) in [6.07, 6.45) is 1.94. The van der Waals surface area contributed by atoms with Gasteiger partial charge in [0.2, 0.25) is 5.88 Å². The van der Waals surface area contributed by atoms with Gasteiger partial charge in [0, 0.05) is 6.20 Å². The van der Waals surface area contributed by atoms with Crippen molar-refractivity contribution in [2.75, 3.05) is 13.2 Å². The summed E-state index contributed by atoms with van der Waals surface area (Å²) in [6, 6.07) is 19.8. The van der Waals surface area contributed by atoms with Gasteiger partial charge in [0.1, 0.15) is 6.61 Å². The lowest BCUT2D eigenvalue weighted by atomic mass is 10.1. The Morgan fingerprint density at radius 3 is 2.29 bits per heavy atom. The van der Waals surface area contributed by atoms with Crippen molar-refractivity contribution in [2.24, 2.45) is 0 Å². The summed E-state index contributed by atoms with van der Waals surface area (Å²) in [5.74, 6) is 0.527. The molecule has 1 heterocycles. The summed E-state index contributed by atoms with van der Waals surface area (Å²) in [4.78, 5) is 0. The highest BCUT2D eigenvalue weighted by atomic mass is 16.5. The fourth-order valence-corrected chi connectivity index (χ4v) is 2.14. The molecule has 2 aromatic carbocycles. The smallest absolute Gasteiger partial charge is 0.241 e. The summed E-state index contributed by atoms with van der Waals surface area (Å²) in [6.45, 7) is 0.193. The molecule has 0 spiro atoms. The first-order valence-corrected chi connectivity index (χ1v) is 6.82. The van der Waals surface area contributed by atoms with Gasteiger partial charge in [-0.15, -0.1) is 5.10 Å². The summed E-state index contributed by atoms with van der Waals surface area (Å²) < 4.78 is 7.35. The molecule has 1 N–H and O–H groups in total. The number of hydrogen-bond donors (Lipinski definition) is 1. The number of hydrogen-bond acceptors (Lipinski definition) is 3. The van der Waals surface area contributed by atoms with Crippen molar-refractivity contribution in [3.05, 3.63) is 66.9 Å². The molecule has 1 aromatic heterocycles. The van der Waals surface area contributed by atoms with E-state index in [-0.39, 0.29) is 13.2 Å². The molecular weight excluding hydrogens is 264 g/mol. The number of aromatic nitrogens is 2. The van der Waals surface area contributed by atoms with Crippen molar-refractivity contribution in [3.8, 4) is 22.7 Å². The third-order valence-corrected chi connectivity index (χ3v) is 3.12. The molecule has 3 rings (SSSR count). The average Bonchev–Trinajstić information content (AvgIpc) is 2.99. The topological polar surface area (TPSA) is 47.3 Å². The standard InChI is InChI=1S/C17H16N2O2/c20-11-12-21-17-16(14-7-3-1-4-8-14)13-19(18-17)15-9-5-2-6-10-15/h1-10,13,20H,11-12H2. The normalized spacial score (nSPS) is 10.5. The first-order chi connectivity index (χ1) is 10.4. The van der Waals surface area contributed by atoms with Crippen LogP contribution in [0.4, 0.5) is 0 Å². The summed E-state index contributed by atoms with van der Waals surface area (Å²) >= 11 is 0. The molecule has 0 amide bonds. The van der Waals surface area contributed by atoms with Crippen LogP contribution in [0.1, 0.15) is 0 Å². The summed E-state index contributed by atoms with van der Waals surface area (Å²) in [5.41, 5.74) is 2.91. The van der Waals surface area contributed by atoms with Gasteiger partial charge in [-0.3, -0.25) is 0 Å². The maximum Gasteiger partial charge on any atom is 0.241 e. The Morgan fingerprint density at radius 1 is 0.952 bits per heavy atom. The van der Waals surface area contributed by atoms with E-state index < -0.39 is 0 Å². The molecule has 106 valence electrons. The highest BCUT2D eigenvalue weighted by Gasteiger charge is 2.13. The van der Waals surface area contributed by atoms with Gasteiger partial charge in [-0.25, -0.2) is 4.68 Å². The van der Waals surface area contributed by atoms with E-state index in [1.54, 1.807) is 4.68 Å². The lowest BCUT2D eigenvalue weighted by Crippen LogP contribution is -2.03. The van der Waals surface area contributed by atoms with Crippen LogP contribution >= 0.6 is 0 Å². The van der Waals surface area contributed by atoms with Gasteiger partial charge < -0.3 is 9.84 Å². The molecule has 0 atom stereocenters. The zero-order valence-electron chi connectivity index (χ0n) is 11.5. The van der Waals surface area contributed by atoms with Crippen molar-refractivity contribution < 1.29 is 9.84 Å². The maximum atomic E-state index is 8.95. The van der Waals surface area contributed by atoms with E-state index in [1.165, 1.54) is 0 Å². The van der Waals surface area contributed by atoms with Crippen molar-refractivity contribution >= 4 is 0 Å². The second-order valence-electron chi connectivity index (χ2n) is 4.57. The Hall–Kier alpha value is -2.59. The molecule has 0 aliphatic rings. The molecule has 0 fully saturated rings. The Balaban J connectivity index is 2.03. The second kappa shape index (κ2) is 6.24. The Labute approximate surface area is 123 Å². The number of aliphatic hydroxyl groups is 1. The van der Waals surface area contributed by atoms with E-state index in [0.717, 1.165) is 16.8 Å². The van der Waals surface area contributed by atoms with Crippen molar-refractivity contribution in [1.29, 1.82) is 0 Å². The van der Waals surface area contributed by atoms with Gasteiger partial charge in [0.25, 0.3) is 0 Å². The minimum absolute atomic E-state index is 0.0353. The lowest BCUT2D eigenvalue weighted by Gasteiger charge is -2.03. The lowest BCUT2D eigenvalue weighted by molar-refractivity contribution is 0.196. The largest absolute Gasteiger partial charge is 0.474 e. The van der Waals surface area contributed by atoms with Crippen LogP contribution in [0, 0.1) is 0 Å². The van der Waals surface area contributed by atoms with Gasteiger partial charge in [-0.05, 0) is 17.7 Å². The molecule has 0 aliphatic heterocycles. The number of ether oxygens (including phenoxy) is 1. The first-order valence-electron chi connectivity index (χ1n) is 6.82. The molecule has 0 unspecified atom stereocenters. The van der Waals surface area contributed by atoms with Crippen LogP contribution in [0.25, 0.3) is 16.8 Å². The molecule has 0 bridgehead atoms. The van der Waals surface area contributed by atoms with E-state index >= 15 is 0 Å². The molecule has 0 aliphatic carbocycles. The van der Waals surface area contributed by atoms with E-state index in [0.29, 0.717) is 5.88 Å². The molecule has 4 nitrogen and oxygen atoms in total. The van der Waals surface area contributed by atoms with Crippen LogP contribution in [0.3, 0.4) is 0 Å². The van der Waals surface area contributed by atoms with E-state index in [2.05, 4.69) is 5.10 Å². The number of rotatable bonds is 5. The highest BCUT2D eigenvalue weighted by Crippen LogP contribution is 2.29. The zero-order chi connectivity index (χ0) is 14.5. The average molecular weight is 280 g/mol. The molecule has 21 heavy (non-hydrogen) atoms. The van der Waals surface area contributed by atoms with Crippen LogP contribution in [0.5, 0.6) is 5.88 Å². The Morgan fingerprint density at radius 2 is 1.62 bits per heavy atom. The van der Waals surface area contributed by atoms with E-state index in [4.69, 9.17) is 9.84 Å². The quantitative estimate of drug-likeness (QED) is 0.781. The van der Waals surface area contributed by atoms with Gasteiger partial charge in [0.05, 0.1) is 17.9 Å². The molecular formula is C17H16N2O2. The predicted molar refractivity (Wildman–Crippen MR) is 81.6 cm³/mol. The SMILES string of the molecule is OCCOc1nn(-c2ccccc2)cc1-c1ccccc1. The zero-order valence-corrected chi connectivity index (χ0v) is 11.5. The predicted octanol–water partition coefficient (Wildman–Crippen LogP) is 2.91. The van der Waals surface area contributed by atoms with Gasteiger partial charge in [-0.1, -0.05) is 48.5 Å². The van der Waals surface area contributed by atoms with Crippen molar-refractivity contribution in [3.63, 3.8) is 0 Å².